The Labute approximate surface area is 266 Å². The van der Waals surface area contributed by atoms with Crippen molar-refractivity contribution in [2.75, 3.05) is 46.4 Å². The molecule has 5 aromatic rings. The summed E-state index contributed by atoms with van der Waals surface area (Å²) >= 11 is 0. The van der Waals surface area contributed by atoms with Crippen molar-refractivity contribution in [2.24, 2.45) is 0 Å². The molecule has 222 valence electrons. The third kappa shape index (κ3) is 7.63. The van der Waals surface area contributed by atoms with E-state index in [0.29, 0.717) is 6.61 Å². The number of aryl methyl sites for hydroxylation is 1. The first-order valence-corrected chi connectivity index (χ1v) is 13.8. The largest absolute Gasteiger partial charge is 0.493 e. The molecule has 0 radical (unpaired) electrons. The summed E-state index contributed by atoms with van der Waals surface area (Å²) in [5.74, 6) is 1.75. The van der Waals surface area contributed by atoms with Crippen LogP contribution in [0.3, 0.4) is 0 Å². The summed E-state index contributed by atoms with van der Waals surface area (Å²) in [5.41, 5.74) is 6.33. The quantitative estimate of drug-likeness (QED) is 0.169. The van der Waals surface area contributed by atoms with Crippen molar-refractivity contribution in [3.8, 4) is 11.4 Å². The zero-order chi connectivity index (χ0) is 26.6. The maximum absolute atomic E-state index is 6.21. The van der Waals surface area contributed by atoms with Crippen LogP contribution in [-0.4, -0.2) is 70.7 Å². The number of rotatable bonds is 8. The van der Waals surface area contributed by atoms with E-state index in [1.165, 1.54) is 5.56 Å². The van der Waals surface area contributed by atoms with Crippen molar-refractivity contribution < 1.29 is 4.74 Å². The molecule has 1 saturated heterocycles. The number of fused-ring (bicyclic) bond motifs is 2. The molecule has 1 aliphatic rings. The number of benzene rings is 3. The fraction of sp³-hybridized carbons (Fsp3) is 0.273. The van der Waals surface area contributed by atoms with Crippen molar-refractivity contribution in [2.45, 2.75) is 13.3 Å². The molecule has 6 rings (SSSR count). The lowest BCUT2D eigenvalue weighted by Gasteiger charge is -2.32. The average Bonchev–Trinajstić information content (AvgIpc) is 3.32. The first-order valence-electron chi connectivity index (χ1n) is 13.8. The van der Waals surface area contributed by atoms with Crippen LogP contribution in [0, 0.1) is 6.92 Å². The number of para-hydroxylation sites is 1. The number of piperazine rings is 1. The molecule has 0 aliphatic carbocycles. The maximum Gasteiger partial charge on any atom is 0.138 e. The smallest absolute Gasteiger partial charge is 0.138 e. The van der Waals surface area contributed by atoms with Gasteiger partial charge in [-0.2, -0.15) is 0 Å². The topological polar surface area (TPSA) is 46.4 Å². The molecule has 0 unspecified atom stereocenters. The van der Waals surface area contributed by atoms with E-state index in [1.807, 2.05) is 18.3 Å². The second-order valence-corrected chi connectivity index (χ2v) is 10.4. The zero-order valence-electron chi connectivity index (χ0n) is 24.0. The van der Waals surface area contributed by atoms with E-state index in [1.54, 1.807) is 0 Å². The summed E-state index contributed by atoms with van der Waals surface area (Å²) in [5, 5.41) is 1.13. The molecule has 3 heterocycles. The molecule has 9 heteroatoms. The van der Waals surface area contributed by atoms with Gasteiger partial charge in [-0.15, -0.1) is 37.2 Å². The number of nitrogens with zero attached hydrogens (tertiary/aromatic N) is 5. The van der Waals surface area contributed by atoms with Crippen LogP contribution >= 0.6 is 37.2 Å². The van der Waals surface area contributed by atoms with E-state index in [2.05, 4.69) is 106 Å². The molecule has 6 nitrogen and oxygen atoms in total. The standard InChI is InChI=1S/C33H35N5O.3ClH/c1-25-12-14-31-30(23-25)35-32(15-13-27-8-3-7-26-9-5-16-34-33(26)27)38(31)28-10-4-11-29(24-28)39-22-6-17-37-20-18-36(2)19-21-37;;;/h3-5,7-16,23-24H,6,17-22H2,1-2H3;3*1H/b15-13+;;;. The van der Waals surface area contributed by atoms with E-state index >= 15 is 0 Å². The van der Waals surface area contributed by atoms with Gasteiger partial charge in [0.05, 0.1) is 28.8 Å². The number of hydrogen-bond acceptors (Lipinski definition) is 5. The van der Waals surface area contributed by atoms with E-state index in [-0.39, 0.29) is 37.2 Å². The van der Waals surface area contributed by atoms with Crippen molar-refractivity contribution in [3.63, 3.8) is 0 Å². The number of halogens is 3. The SMILES string of the molecule is Cc1ccc2c(c1)nc(/C=C/c1cccc3cccnc13)n2-c1cccc(OCCCN2CCN(C)CC2)c1.Cl.Cl.Cl. The molecule has 1 aliphatic heterocycles. The molecular formula is C33H38Cl3N5O. The second-order valence-electron chi connectivity index (χ2n) is 10.4. The van der Waals surface area contributed by atoms with E-state index < -0.39 is 0 Å². The Morgan fingerprint density at radius 1 is 0.857 bits per heavy atom. The Kier molecular flexibility index (Phi) is 12.2. The van der Waals surface area contributed by atoms with E-state index in [9.17, 15) is 0 Å². The van der Waals surface area contributed by atoms with Gasteiger partial charge >= 0.3 is 0 Å². The van der Waals surface area contributed by atoms with Gasteiger partial charge < -0.3 is 14.5 Å². The molecule has 3 aromatic carbocycles. The monoisotopic (exact) mass is 625 g/mol. The Morgan fingerprint density at radius 2 is 1.64 bits per heavy atom. The summed E-state index contributed by atoms with van der Waals surface area (Å²) in [4.78, 5) is 14.5. The van der Waals surface area contributed by atoms with Crippen LogP contribution < -0.4 is 4.74 Å². The van der Waals surface area contributed by atoms with Gasteiger partial charge in [-0.25, -0.2) is 4.98 Å². The van der Waals surface area contributed by atoms with Crippen LogP contribution in [0.15, 0.2) is 79.0 Å². The minimum absolute atomic E-state index is 0. The molecule has 0 spiro atoms. The van der Waals surface area contributed by atoms with Gasteiger partial charge in [0.15, 0.2) is 0 Å². The Balaban J connectivity index is 0.00000161. The fourth-order valence-electron chi connectivity index (χ4n) is 5.28. The van der Waals surface area contributed by atoms with Gasteiger partial charge in [0.1, 0.15) is 11.6 Å². The van der Waals surface area contributed by atoms with Crippen molar-refractivity contribution in [1.29, 1.82) is 0 Å². The minimum atomic E-state index is 0. The van der Waals surface area contributed by atoms with Crippen LogP contribution in [0.5, 0.6) is 5.75 Å². The predicted molar refractivity (Wildman–Crippen MR) is 182 cm³/mol. The number of pyridine rings is 1. The Bertz CT molecular complexity index is 1620. The average molecular weight is 627 g/mol. The van der Waals surface area contributed by atoms with Gasteiger partial charge in [-0.05, 0) is 68.4 Å². The van der Waals surface area contributed by atoms with Gasteiger partial charge in [-0.3, -0.25) is 9.55 Å². The Hall–Kier alpha value is -3.13. The third-order valence-electron chi connectivity index (χ3n) is 7.47. The highest BCUT2D eigenvalue weighted by molar-refractivity contribution is 5.90. The van der Waals surface area contributed by atoms with Crippen LogP contribution in [0.4, 0.5) is 0 Å². The van der Waals surface area contributed by atoms with Gasteiger partial charge in [0.2, 0.25) is 0 Å². The molecule has 0 saturated carbocycles. The first kappa shape index (κ1) is 33.4. The number of hydrogen-bond donors (Lipinski definition) is 0. The second kappa shape index (κ2) is 15.4. The fourth-order valence-corrected chi connectivity index (χ4v) is 5.28. The summed E-state index contributed by atoms with van der Waals surface area (Å²) < 4.78 is 8.42. The normalized spacial score (nSPS) is 14.0. The van der Waals surface area contributed by atoms with Crippen LogP contribution in [0.1, 0.15) is 23.4 Å². The third-order valence-corrected chi connectivity index (χ3v) is 7.47. The number of imidazole rings is 1. The summed E-state index contributed by atoms with van der Waals surface area (Å²) in [7, 11) is 2.19. The molecule has 2 aromatic heterocycles. The highest BCUT2D eigenvalue weighted by Crippen LogP contribution is 2.27. The van der Waals surface area contributed by atoms with Crippen LogP contribution in [0.25, 0.3) is 39.8 Å². The number of aromatic nitrogens is 3. The summed E-state index contributed by atoms with van der Waals surface area (Å²) in [6, 6.07) is 25.1. The lowest BCUT2D eigenvalue weighted by Crippen LogP contribution is -2.44. The number of ether oxygens (including phenoxy) is 1. The van der Waals surface area contributed by atoms with E-state index in [4.69, 9.17) is 9.72 Å². The summed E-state index contributed by atoms with van der Waals surface area (Å²) in [6.45, 7) is 8.47. The van der Waals surface area contributed by atoms with Gasteiger partial charge in [0.25, 0.3) is 0 Å². The molecule has 0 amide bonds. The maximum atomic E-state index is 6.21. The zero-order valence-corrected chi connectivity index (χ0v) is 26.4. The molecule has 42 heavy (non-hydrogen) atoms. The lowest BCUT2D eigenvalue weighted by atomic mass is 10.1. The molecule has 1 fully saturated rings. The lowest BCUT2D eigenvalue weighted by molar-refractivity contribution is 0.145. The highest BCUT2D eigenvalue weighted by atomic mass is 35.5. The summed E-state index contributed by atoms with van der Waals surface area (Å²) in [6.07, 6.45) is 7.06. The van der Waals surface area contributed by atoms with Crippen molar-refractivity contribution >= 4 is 71.3 Å². The number of likely N-dealkylation sites (N-methyl/N-ethyl adjacent to an activating group) is 1. The Morgan fingerprint density at radius 3 is 2.48 bits per heavy atom. The molecule has 0 atom stereocenters. The predicted octanol–water partition coefficient (Wildman–Crippen LogP) is 7.33. The van der Waals surface area contributed by atoms with Crippen molar-refractivity contribution in [1.82, 2.24) is 24.3 Å². The molecular weight excluding hydrogens is 589 g/mol. The highest BCUT2D eigenvalue weighted by Gasteiger charge is 2.14. The van der Waals surface area contributed by atoms with Gasteiger partial charge in [0, 0.05) is 55.9 Å². The van der Waals surface area contributed by atoms with Crippen molar-refractivity contribution in [3.05, 3.63) is 95.9 Å². The molecule has 0 bridgehead atoms. The van der Waals surface area contributed by atoms with E-state index in [0.717, 1.165) is 83.9 Å². The van der Waals surface area contributed by atoms with Gasteiger partial charge in [-0.1, -0.05) is 36.4 Å². The van der Waals surface area contributed by atoms with Crippen LogP contribution in [0.2, 0.25) is 0 Å². The van der Waals surface area contributed by atoms with Crippen LogP contribution in [-0.2, 0) is 0 Å². The minimum Gasteiger partial charge on any atom is -0.493 e. The molecule has 0 N–H and O–H groups in total. The first-order chi connectivity index (χ1) is 19.1.